The molecule has 0 radical (unpaired) electrons. The molecule has 0 unspecified atom stereocenters. The third-order valence-corrected chi connectivity index (χ3v) is 4.61. The fourth-order valence-electron chi connectivity index (χ4n) is 3.10. The van der Waals surface area contributed by atoms with Crippen LogP contribution in [0.25, 0.3) is 16.9 Å². The minimum atomic E-state index is -0.814. The van der Waals surface area contributed by atoms with Gasteiger partial charge in [0.1, 0.15) is 18.0 Å². The van der Waals surface area contributed by atoms with Gasteiger partial charge in [-0.2, -0.15) is 0 Å². The Morgan fingerprint density at radius 3 is 2.62 bits per heavy atom. The first-order valence-electron chi connectivity index (χ1n) is 8.95. The number of amides is 1. The van der Waals surface area contributed by atoms with Crippen LogP contribution in [0.4, 0.5) is 8.78 Å². The highest BCUT2D eigenvalue weighted by atomic mass is 19.1. The Morgan fingerprint density at radius 2 is 1.90 bits per heavy atom. The molecule has 4 aromatic rings. The SMILES string of the molecule is Cc1ccc(-c2cc(C(=O)N[C@H](C)c3ncc(F)cc3F)cc3nncn23)cc1. The molecular weight excluding hydrogens is 376 g/mol. The molecule has 1 atom stereocenters. The highest BCUT2D eigenvalue weighted by Crippen LogP contribution is 2.23. The van der Waals surface area contributed by atoms with Gasteiger partial charge in [-0.15, -0.1) is 10.2 Å². The van der Waals surface area contributed by atoms with E-state index in [9.17, 15) is 13.6 Å². The van der Waals surface area contributed by atoms with Crippen molar-refractivity contribution >= 4 is 11.6 Å². The van der Waals surface area contributed by atoms with E-state index in [1.165, 1.54) is 0 Å². The van der Waals surface area contributed by atoms with Crippen molar-refractivity contribution in [2.45, 2.75) is 19.9 Å². The van der Waals surface area contributed by atoms with Gasteiger partial charge in [0, 0.05) is 11.6 Å². The van der Waals surface area contributed by atoms with E-state index in [2.05, 4.69) is 20.5 Å². The van der Waals surface area contributed by atoms with Crippen LogP contribution in [0, 0.1) is 18.6 Å². The fourth-order valence-corrected chi connectivity index (χ4v) is 3.10. The van der Waals surface area contributed by atoms with E-state index in [1.54, 1.807) is 29.8 Å². The van der Waals surface area contributed by atoms with E-state index in [0.29, 0.717) is 11.2 Å². The zero-order chi connectivity index (χ0) is 20.5. The summed E-state index contributed by atoms with van der Waals surface area (Å²) in [5, 5.41) is 10.7. The van der Waals surface area contributed by atoms with Gasteiger partial charge >= 0.3 is 0 Å². The summed E-state index contributed by atoms with van der Waals surface area (Å²) in [6, 6.07) is 11.2. The number of carbonyl (C=O) groups excluding carboxylic acids is 1. The Morgan fingerprint density at radius 1 is 1.14 bits per heavy atom. The summed E-state index contributed by atoms with van der Waals surface area (Å²) in [5.74, 6) is -2.02. The first kappa shape index (κ1) is 18.7. The average Bonchev–Trinajstić information content (AvgIpc) is 3.16. The average molecular weight is 393 g/mol. The maximum Gasteiger partial charge on any atom is 0.252 e. The number of aryl methyl sites for hydroxylation is 1. The number of pyridine rings is 2. The Balaban J connectivity index is 1.68. The number of hydrogen-bond donors (Lipinski definition) is 1. The minimum absolute atomic E-state index is 0.0398. The molecule has 1 aromatic carbocycles. The fraction of sp³-hybridized carbons (Fsp3) is 0.143. The monoisotopic (exact) mass is 393 g/mol. The zero-order valence-corrected chi connectivity index (χ0v) is 15.7. The molecule has 146 valence electrons. The largest absolute Gasteiger partial charge is 0.344 e. The predicted octanol–water partition coefficient (Wildman–Crippen LogP) is 3.87. The predicted molar refractivity (Wildman–Crippen MR) is 103 cm³/mol. The lowest BCUT2D eigenvalue weighted by molar-refractivity contribution is 0.0938. The highest BCUT2D eigenvalue weighted by molar-refractivity contribution is 5.96. The second-order valence-corrected chi connectivity index (χ2v) is 6.77. The second kappa shape index (κ2) is 7.38. The number of halogens is 2. The quantitative estimate of drug-likeness (QED) is 0.571. The van der Waals surface area contributed by atoms with Gasteiger partial charge in [0.15, 0.2) is 5.65 Å². The molecule has 3 heterocycles. The van der Waals surface area contributed by atoms with Crippen molar-refractivity contribution in [1.29, 1.82) is 0 Å². The van der Waals surface area contributed by atoms with Crippen LogP contribution < -0.4 is 5.32 Å². The van der Waals surface area contributed by atoms with Gasteiger partial charge in [-0.25, -0.2) is 8.78 Å². The van der Waals surface area contributed by atoms with Crippen molar-refractivity contribution in [2.24, 2.45) is 0 Å². The molecule has 0 spiro atoms. The molecule has 29 heavy (non-hydrogen) atoms. The van der Waals surface area contributed by atoms with E-state index >= 15 is 0 Å². The number of fused-ring (bicyclic) bond motifs is 1. The molecule has 0 fully saturated rings. The molecule has 1 amide bonds. The zero-order valence-electron chi connectivity index (χ0n) is 15.7. The van der Waals surface area contributed by atoms with Gasteiger partial charge in [-0.05, 0) is 31.5 Å². The van der Waals surface area contributed by atoms with Gasteiger partial charge in [0.2, 0.25) is 0 Å². The van der Waals surface area contributed by atoms with Crippen molar-refractivity contribution in [3.63, 3.8) is 0 Å². The molecule has 0 saturated heterocycles. The van der Waals surface area contributed by atoms with Crippen molar-refractivity contribution in [1.82, 2.24) is 24.9 Å². The topological polar surface area (TPSA) is 72.2 Å². The van der Waals surface area contributed by atoms with E-state index in [-0.39, 0.29) is 5.69 Å². The van der Waals surface area contributed by atoms with Crippen molar-refractivity contribution in [2.75, 3.05) is 0 Å². The van der Waals surface area contributed by atoms with Crippen LogP contribution in [0.2, 0.25) is 0 Å². The number of rotatable bonds is 4. The normalized spacial score (nSPS) is 12.1. The van der Waals surface area contributed by atoms with Gasteiger partial charge < -0.3 is 5.32 Å². The third kappa shape index (κ3) is 3.69. The molecule has 3 aromatic heterocycles. The molecule has 0 saturated carbocycles. The summed E-state index contributed by atoms with van der Waals surface area (Å²) in [7, 11) is 0. The van der Waals surface area contributed by atoms with Crippen LogP contribution in [-0.4, -0.2) is 25.5 Å². The lowest BCUT2D eigenvalue weighted by atomic mass is 10.1. The Hall–Kier alpha value is -3.68. The third-order valence-electron chi connectivity index (χ3n) is 4.61. The van der Waals surface area contributed by atoms with Crippen LogP contribution >= 0.6 is 0 Å². The molecule has 0 aliphatic carbocycles. The summed E-state index contributed by atoms with van der Waals surface area (Å²) in [6.45, 7) is 3.57. The molecule has 0 aliphatic heterocycles. The minimum Gasteiger partial charge on any atom is -0.344 e. The molecule has 1 N–H and O–H groups in total. The summed E-state index contributed by atoms with van der Waals surface area (Å²) >= 11 is 0. The molecular formula is C21H17F2N5O. The number of hydrogen-bond acceptors (Lipinski definition) is 4. The van der Waals surface area contributed by atoms with Crippen LogP contribution in [0.1, 0.15) is 34.6 Å². The highest BCUT2D eigenvalue weighted by Gasteiger charge is 2.19. The molecule has 4 rings (SSSR count). The summed E-state index contributed by atoms with van der Waals surface area (Å²) in [6.07, 6.45) is 2.49. The van der Waals surface area contributed by atoms with Crippen molar-refractivity contribution in [3.05, 3.63) is 83.4 Å². The Labute approximate surface area is 165 Å². The van der Waals surface area contributed by atoms with E-state index in [0.717, 1.165) is 29.1 Å². The smallest absolute Gasteiger partial charge is 0.252 e. The van der Waals surface area contributed by atoms with Crippen molar-refractivity contribution < 1.29 is 13.6 Å². The van der Waals surface area contributed by atoms with E-state index in [1.807, 2.05) is 31.2 Å². The number of benzene rings is 1. The summed E-state index contributed by atoms with van der Waals surface area (Å²) in [4.78, 5) is 16.6. The standard InChI is InChI=1S/C21H17F2N5O/c1-12-3-5-14(6-4-12)18-7-15(8-19-27-25-11-28(18)19)21(29)26-13(2)20-17(23)9-16(22)10-24-20/h3-11,13H,1-2H3,(H,26,29)/t13-/m1/s1. The second-order valence-electron chi connectivity index (χ2n) is 6.77. The van der Waals surface area contributed by atoms with Crippen LogP contribution in [0.5, 0.6) is 0 Å². The molecule has 0 bridgehead atoms. The van der Waals surface area contributed by atoms with E-state index < -0.39 is 23.6 Å². The number of aromatic nitrogens is 4. The first-order valence-corrected chi connectivity index (χ1v) is 8.95. The number of carbonyl (C=O) groups is 1. The van der Waals surface area contributed by atoms with Gasteiger partial charge in [0.25, 0.3) is 5.91 Å². The number of nitrogens with zero attached hydrogens (tertiary/aromatic N) is 4. The summed E-state index contributed by atoms with van der Waals surface area (Å²) in [5.41, 5.74) is 3.57. The van der Waals surface area contributed by atoms with Crippen LogP contribution in [0.3, 0.4) is 0 Å². The maximum absolute atomic E-state index is 14.0. The molecule has 0 aliphatic rings. The van der Waals surface area contributed by atoms with Gasteiger partial charge in [0.05, 0.1) is 23.6 Å². The van der Waals surface area contributed by atoms with Crippen molar-refractivity contribution in [3.8, 4) is 11.3 Å². The van der Waals surface area contributed by atoms with Crippen LogP contribution in [0.15, 0.2) is 55.0 Å². The van der Waals surface area contributed by atoms with E-state index in [4.69, 9.17) is 0 Å². The number of nitrogens with one attached hydrogen (secondary N) is 1. The Bertz CT molecular complexity index is 1200. The van der Waals surface area contributed by atoms with Gasteiger partial charge in [-0.3, -0.25) is 14.2 Å². The lowest BCUT2D eigenvalue weighted by Crippen LogP contribution is -2.28. The first-order chi connectivity index (χ1) is 13.9. The maximum atomic E-state index is 14.0. The summed E-state index contributed by atoms with van der Waals surface area (Å²) < 4.78 is 28.8. The van der Waals surface area contributed by atoms with Crippen LogP contribution in [-0.2, 0) is 0 Å². The Kier molecular flexibility index (Phi) is 4.75. The molecule has 6 nitrogen and oxygen atoms in total. The van der Waals surface area contributed by atoms with Gasteiger partial charge in [-0.1, -0.05) is 29.8 Å². The lowest BCUT2D eigenvalue weighted by Gasteiger charge is -2.15. The molecule has 8 heteroatoms.